The Bertz CT molecular complexity index is 1280. The molecule has 0 aliphatic rings. The quantitative estimate of drug-likeness (QED) is 0.275. The molecular weight excluding hydrogens is 445 g/mol. The zero-order valence-corrected chi connectivity index (χ0v) is 18.9. The summed E-state index contributed by atoms with van der Waals surface area (Å²) < 4.78 is 7.69. The second-order valence-corrected chi connectivity index (χ2v) is 8.09. The van der Waals surface area contributed by atoms with Gasteiger partial charge in [-0.2, -0.15) is 5.10 Å². The highest BCUT2D eigenvalue weighted by molar-refractivity contribution is 6.35. The van der Waals surface area contributed by atoms with Gasteiger partial charge in [0.05, 0.1) is 11.2 Å². The molecule has 4 aromatic rings. The minimum atomic E-state index is -0.391. The number of carbonyl (C=O) groups excluding carboxylic acids is 1. The number of rotatable bonds is 7. The number of halogens is 2. The van der Waals surface area contributed by atoms with Gasteiger partial charge in [-0.25, -0.2) is 5.43 Å². The van der Waals surface area contributed by atoms with E-state index >= 15 is 0 Å². The third-order valence-electron chi connectivity index (χ3n) is 5.10. The number of ether oxygens (including phenoxy) is 1. The molecule has 3 aromatic carbocycles. The number of hydrazone groups is 1. The first-order chi connectivity index (χ1) is 15.5. The SMILES string of the molecule is Cc1c(/C=N/NC(=O)COc2ccc(Cl)cc2Cl)c2ccccc2n1Cc1ccccc1. The smallest absolute Gasteiger partial charge is 0.277 e. The summed E-state index contributed by atoms with van der Waals surface area (Å²) in [4.78, 5) is 12.2. The molecule has 7 heteroatoms. The summed E-state index contributed by atoms with van der Waals surface area (Å²) >= 11 is 11.9. The summed E-state index contributed by atoms with van der Waals surface area (Å²) in [7, 11) is 0. The Morgan fingerprint density at radius 1 is 1.06 bits per heavy atom. The van der Waals surface area contributed by atoms with Crippen molar-refractivity contribution in [2.45, 2.75) is 13.5 Å². The van der Waals surface area contributed by atoms with Crippen molar-refractivity contribution >= 4 is 46.2 Å². The topological polar surface area (TPSA) is 55.6 Å². The minimum Gasteiger partial charge on any atom is -0.482 e. The Morgan fingerprint density at radius 2 is 1.81 bits per heavy atom. The van der Waals surface area contributed by atoms with E-state index in [-0.39, 0.29) is 6.61 Å². The van der Waals surface area contributed by atoms with Gasteiger partial charge in [0.15, 0.2) is 6.61 Å². The Hall–Kier alpha value is -3.28. The van der Waals surface area contributed by atoms with E-state index in [1.807, 2.05) is 30.3 Å². The van der Waals surface area contributed by atoms with Crippen molar-refractivity contribution in [2.75, 3.05) is 6.61 Å². The van der Waals surface area contributed by atoms with Crippen molar-refractivity contribution in [1.29, 1.82) is 0 Å². The summed E-state index contributed by atoms with van der Waals surface area (Å²) in [6.07, 6.45) is 1.67. The van der Waals surface area contributed by atoms with Crippen molar-refractivity contribution in [3.05, 3.63) is 99.7 Å². The second kappa shape index (κ2) is 9.90. The maximum atomic E-state index is 12.2. The highest BCUT2D eigenvalue weighted by Gasteiger charge is 2.13. The van der Waals surface area contributed by atoms with Crippen LogP contribution in [0.3, 0.4) is 0 Å². The van der Waals surface area contributed by atoms with Crippen molar-refractivity contribution in [1.82, 2.24) is 9.99 Å². The van der Waals surface area contributed by atoms with Gasteiger partial charge in [-0.15, -0.1) is 0 Å². The van der Waals surface area contributed by atoms with Crippen molar-refractivity contribution in [3.63, 3.8) is 0 Å². The molecule has 0 unspecified atom stereocenters. The van der Waals surface area contributed by atoms with Crippen LogP contribution in [0.2, 0.25) is 10.0 Å². The fraction of sp³-hybridized carbons (Fsp3) is 0.120. The number of hydrogen-bond acceptors (Lipinski definition) is 3. The van der Waals surface area contributed by atoms with Crippen LogP contribution < -0.4 is 10.2 Å². The lowest BCUT2D eigenvalue weighted by molar-refractivity contribution is -0.123. The lowest BCUT2D eigenvalue weighted by atomic mass is 10.1. The number of nitrogens with one attached hydrogen (secondary N) is 1. The van der Waals surface area contributed by atoms with Crippen LogP contribution in [-0.4, -0.2) is 23.3 Å². The minimum absolute atomic E-state index is 0.215. The maximum absolute atomic E-state index is 12.2. The predicted octanol–water partition coefficient (Wildman–Crippen LogP) is 5.83. The van der Waals surface area contributed by atoms with E-state index < -0.39 is 5.91 Å². The highest BCUT2D eigenvalue weighted by atomic mass is 35.5. The van der Waals surface area contributed by atoms with E-state index in [0.29, 0.717) is 15.8 Å². The molecule has 4 rings (SSSR count). The van der Waals surface area contributed by atoms with Gasteiger partial charge in [-0.1, -0.05) is 71.7 Å². The van der Waals surface area contributed by atoms with Gasteiger partial charge in [-0.3, -0.25) is 4.79 Å². The molecule has 0 bridgehead atoms. The first-order valence-corrected chi connectivity index (χ1v) is 10.8. The van der Waals surface area contributed by atoms with Crippen LogP contribution in [0.4, 0.5) is 0 Å². The largest absolute Gasteiger partial charge is 0.482 e. The Balaban J connectivity index is 1.47. The van der Waals surface area contributed by atoms with Gasteiger partial charge in [0, 0.05) is 33.7 Å². The third-order valence-corrected chi connectivity index (χ3v) is 5.63. The van der Waals surface area contributed by atoms with Gasteiger partial charge < -0.3 is 9.30 Å². The average molecular weight is 466 g/mol. The van der Waals surface area contributed by atoms with Crippen LogP contribution in [0.15, 0.2) is 77.9 Å². The van der Waals surface area contributed by atoms with Crippen LogP contribution in [0.1, 0.15) is 16.8 Å². The van der Waals surface area contributed by atoms with Crippen molar-refractivity contribution in [2.24, 2.45) is 5.10 Å². The van der Waals surface area contributed by atoms with Crippen molar-refractivity contribution < 1.29 is 9.53 Å². The number of amides is 1. The summed E-state index contributed by atoms with van der Waals surface area (Å²) in [5, 5.41) is 6.06. The molecule has 0 saturated heterocycles. The predicted molar refractivity (Wildman–Crippen MR) is 130 cm³/mol. The summed E-state index contributed by atoms with van der Waals surface area (Å²) in [5.74, 6) is -0.00651. The van der Waals surface area contributed by atoms with E-state index in [9.17, 15) is 4.79 Å². The zero-order chi connectivity index (χ0) is 22.5. The molecule has 0 radical (unpaired) electrons. The molecule has 0 saturated carbocycles. The van der Waals surface area contributed by atoms with Gasteiger partial charge >= 0.3 is 0 Å². The standard InChI is InChI=1S/C25H21Cl2N3O2/c1-17-21(14-28-29-25(31)16-32-24-12-11-19(26)13-22(24)27)20-9-5-6-10-23(20)30(17)15-18-7-3-2-4-8-18/h2-14H,15-16H2,1H3,(H,29,31)/b28-14+. The Labute approximate surface area is 196 Å². The number of aromatic nitrogens is 1. The van der Waals surface area contributed by atoms with Gasteiger partial charge in [0.2, 0.25) is 0 Å². The van der Waals surface area contributed by atoms with E-state index in [1.165, 1.54) is 5.56 Å². The van der Waals surface area contributed by atoms with Crippen molar-refractivity contribution in [3.8, 4) is 5.75 Å². The van der Waals surface area contributed by atoms with Gasteiger partial charge in [0.25, 0.3) is 5.91 Å². The summed E-state index contributed by atoms with van der Waals surface area (Å²) in [6.45, 7) is 2.59. The Kier molecular flexibility index (Phi) is 6.78. The molecule has 5 nitrogen and oxygen atoms in total. The Morgan fingerprint density at radius 3 is 2.59 bits per heavy atom. The molecule has 162 valence electrons. The van der Waals surface area contributed by atoms with Crippen LogP contribution in [0.5, 0.6) is 5.75 Å². The molecule has 0 aliphatic carbocycles. The van der Waals surface area contributed by atoms with E-state index in [0.717, 1.165) is 28.7 Å². The first kappa shape index (κ1) is 21.9. The molecule has 0 atom stereocenters. The maximum Gasteiger partial charge on any atom is 0.277 e. The average Bonchev–Trinajstić information content (AvgIpc) is 3.05. The molecule has 1 heterocycles. The molecular formula is C25H21Cl2N3O2. The summed E-state index contributed by atoms with van der Waals surface area (Å²) in [6, 6.07) is 23.3. The molecule has 0 spiro atoms. The van der Waals surface area contributed by atoms with E-state index in [2.05, 4.69) is 46.3 Å². The fourth-order valence-electron chi connectivity index (χ4n) is 3.53. The number of carbonyl (C=O) groups is 1. The number of para-hydroxylation sites is 1. The highest BCUT2D eigenvalue weighted by Crippen LogP contribution is 2.27. The van der Waals surface area contributed by atoms with Crippen LogP contribution in [0.25, 0.3) is 10.9 Å². The molecule has 32 heavy (non-hydrogen) atoms. The van der Waals surface area contributed by atoms with Crippen LogP contribution in [-0.2, 0) is 11.3 Å². The van der Waals surface area contributed by atoms with Crippen LogP contribution >= 0.6 is 23.2 Å². The zero-order valence-electron chi connectivity index (χ0n) is 17.4. The second-order valence-electron chi connectivity index (χ2n) is 7.24. The van der Waals surface area contributed by atoms with E-state index in [4.69, 9.17) is 27.9 Å². The summed E-state index contributed by atoms with van der Waals surface area (Å²) in [5.41, 5.74) is 6.86. The van der Waals surface area contributed by atoms with E-state index in [1.54, 1.807) is 24.4 Å². The molecule has 1 aromatic heterocycles. The number of benzene rings is 3. The van der Waals surface area contributed by atoms with Gasteiger partial charge in [0.1, 0.15) is 5.75 Å². The number of fused-ring (bicyclic) bond motifs is 1. The fourth-order valence-corrected chi connectivity index (χ4v) is 3.99. The molecule has 0 fully saturated rings. The first-order valence-electron chi connectivity index (χ1n) is 10.0. The molecule has 1 amide bonds. The number of hydrogen-bond donors (Lipinski definition) is 1. The lowest BCUT2D eigenvalue weighted by Gasteiger charge is -2.08. The normalized spacial score (nSPS) is 11.2. The lowest BCUT2D eigenvalue weighted by Crippen LogP contribution is -2.24. The monoisotopic (exact) mass is 465 g/mol. The molecule has 0 aliphatic heterocycles. The van der Waals surface area contributed by atoms with Crippen LogP contribution in [0, 0.1) is 6.92 Å². The molecule has 1 N–H and O–H groups in total. The number of nitrogens with zero attached hydrogens (tertiary/aromatic N) is 2. The van der Waals surface area contributed by atoms with Gasteiger partial charge in [-0.05, 0) is 36.8 Å². The third kappa shape index (κ3) is 4.96.